The van der Waals surface area contributed by atoms with E-state index in [0.717, 1.165) is 54.7 Å². The zero-order valence-corrected chi connectivity index (χ0v) is 18.6. The fourth-order valence-electron chi connectivity index (χ4n) is 3.40. The van der Waals surface area contributed by atoms with Gasteiger partial charge < -0.3 is 25.0 Å². The van der Waals surface area contributed by atoms with Crippen LogP contribution in [0.15, 0.2) is 42.5 Å². The molecule has 0 spiro atoms. The molecule has 178 valence electrons. The number of hydrogen-bond acceptors (Lipinski definition) is 5. The van der Waals surface area contributed by atoms with Crippen LogP contribution in [-0.2, 0) is 16.1 Å². The molecule has 4 rings (SSSR count). The van der Waals surface area contributed by atoms with Crippen molar-refractivity contribution < 1.29 is 27.8 Å². The number of nitrogens with zero attached hydrogens (tertiary/aromatic N) is 2. The third-order valence-corrected chi connectivity index (χ3v) is 5.19. The molecule has 0 amide bonds. The molecule has 3 aromatic rings. The van der Waals surface area contributed by atoms with Crippen molar-refractivity contribution in [1.29, 1.82) is 0 Å². The number of aryl methyl sites for hydroxylation is 1. The molecule has 1 saturated heterocycles. The smallest absolute Gasteiger partial charge is 0.475 e. The summed E-state index contributed by atoms with van der Waals surface area (Å²) < 4.78 is 37.7. The molecule has 11 heteroatoms. The predicted octanol–water partition coefficient (Wildman–Crippen LogP) is 4.15. The number of benzene rings is 2. The monoisotopic (exact) mass is 484 g/mol. The van der Waals surface area contributed by atoms with Crippen molar-refractivity contribution in [3.63, 3.8) is 0 Å². The molecule has 0 aliphatic carbocycles. The third kappa shape index (κ3) is 7.34. The van der Waals surface area contributed by atoms with Crippen LogP contribution in [-0.4, -0.2) is 59.6 Å². The van der Waals surface area contributed by atoms with E-state index in [1.807, 2.05) is 19.1 Å². The number of morpholine rings is 1. The highest BCUT2D eigenvalue weighted by molar-refractivity contribution is 6.30. The number of carboxylic acids is 1. The Bertz CT molecular complexity index is 1070. The molecule has 33 heavy (non-hydrogen) atoms. The molecule has 1 aromatic heterocycles. The number of halogens is 4. The molecular weight excluding hydrogens is 461 g/mol. The minimum absolute atomic E-state index is 0.178. The SMILES string of the molecule is Cc1nc2ccc(CNCC3CN(c4ccc(Cl)cc4)CCO3)cc2[nH]1.O=C(O)C(F)(F)F. The molecule has 1 unspecified atom stereocenters. The Morgan fingerprint density at radius 2 is 2.00 bits per heavy atom. The maximum atomic E-state index is 10.6. The molecule has 1 aliphatic rings. The summed E-state index contributed by atoms with van der Waals surface area (Å²) >= 11 is 5.98. The van der Waals surface area contributed by atoms with Gasteiger partial charge in [0.1, 0.15) is 5.82 Å². The molecule has 2 heterocycles. The minimum atomic E-state index is -5.08. The molecule has 1 fully saturated rings. The number of aliphatic carboxylic acids is 1. The van der Waals surface area contributed by atoms with Crippen LogP contribution in [0.4, 0.5) is 18.9 Å². The number of H-pyrrole nitrogens is 1. The summed E-state index contributed by atoms with van der Waals surface area (Å²) in [5, 5.41) is 11.4. The molecule has 0 radical (unpaired) electrons. The Morgan fingerprint density at radius 3 is 2.67 bits per heavy atom. The number of rotatable bonds is 5. The van der Waals surface area contributed by atoms with Gasteiger partial charge in [0.05, 0.1) is 23.7 Å². The van der Waals surface area contributed by atoms with Crippen LogP contribution in [0.3, 0.4) is 0 Å². The first-order valence-electron chi connectivity index (χ1n) is 10.2. The quantitative estimate of drug-likeness (QED) is 0.504. The van der Waals surface area contributed by atoms with E-state index in [2.05, 4.69) is 50.5 Å². The molecule has 1 aliphatic heterocycles. The van der Waals surface area contributed by atoms with Gasteiger partial charge in [-0.1, -0.05) is 17.7 Å². The predicted molar refractivity (Wildman–Crippen MR) is 120 cm³/mol. The summed E-state index contributed by atoms with van der Waals surface area (Å²) in [6.45, 7) is 6.15. The van der Waals surface area contributed by atoms with Crippen molar-refractivity contribution in [3.8, 4) is 0 Å². The van der Waals surface area contributed by atoms with Gasteiger partial charge in [0.2, 0.25) is 0 Å². The number of fused-ring (bicyclic) bond motifs is 1. The van der Waals surface area contributed by atoms with Crippen molar-refractivity contribution in [3.05, 3.63) is 58.9 Å². The number of aromatic amines is 1. The first kappa shape index (κ1) is 24.8. The van der Waals surface area contributed by atoms with Crippen LogP contribution in [0.1, 0.15) is 11.4 Å². The summed E-state index contributed by atoms with van der Waals surface area (Å²) in [6, 6.07) is 14.4. The molecule has 0 bridgehead atoms. The van der Waals surface area contributed by atoms with E-state index >= 15 is 0 Å². The Hall–Kier alpha value is -2.82. The van der Waals surface area contributed by atoms with Crippen LogP contribution in [0.5, 0.6) is 0 Å². The maximum absolute atomic E-state index is 10.6. The lowest BCUT2D eigenvalue weighted by Crippen LogP contribution is -2.46. The maximum Gasteiger partial charge on any atom is 0.490 e. The van der Waals surface area contributed by atoms with E-state index in [9.17, 15) is 13.2 Å². The number of hydrogen-bond donors (Lipinski definition) is 3. The van der Waals surface area contributed by atoms with Crippen molar-refractivity contribution >= 4 is 34.3 Å². The third-order valence-electron chi connectivity index (χ3n) is 4.94. The first-order chi connectivity index (χ1) is 15.6. The summed E-state index contributed by atoms with van der Waals surface area (Å²) in [7, 11) is 0. The summed E-state index contributed by atoms with van der Waals surface area (Å²) in [4.78, 5) is 19.0. The average Bonchev–Trinajstić information content (AvgIpc) is 3.13. The van der Waals surface area contributed by atoms with Crippen molar-refractivity contribution in [2.24, 2.45) is 0 Å². The number of anilines is 1. The van der Waals surface area contributed by atoms with E-state index in [1.54, 1.807) is 0 Å². The van der Waals surface area contributed by atoms with Gasteiger partial charge in [-0.25, -0.2) is 9.78 Å². The second kappa shape index (κ2) is 10.9. The van der Waals surface area contributed by atoms with Gasteiger partial charge in [-0.2, -0.15) is 13.2 Å². The van der Waals surface area contributed by atoms with E-state index in [1.165, 1.54) is 11.3 Å². The topological polar surface area (TPSA) is 90.5 Å². The van der Waals surface area contributed by atoms with Gasteiger partial charge in [0.25, 0.3) is 0 Å². The lowest BCUT2D eigenvalue weighted by atomic mass is 10.2. The fraction of sp³-hybridized carbons (Fsp3) is 0.364. The average molecular weight is 485 g/mol. The Morgan fingerprint density at radius 1 is 1.30 bits per heavy atom. The van der Waals surface area contributed by atoms with Crippen molar-refractivity contribution in [1.82, 2.24) is 15.3 Å². The van der Waals surface area contributed by atoms with E-state index in [4.69, 9.17) is 26.2 Å². The van der Waals surface area contributed by atoms with Crippen LogP contribution < -0.4 is 10.2 Å². The van der Waals surface area contributed by atoms with Crippen LogP contribution in [0.2, 0.25) is 5.02 Å². The number of aromatic nitrogens is 2. The van der Waals surface area contributed by atoms with Gasteiger partial charge >= 0.3 is 12.1 Å². The highest BCUT2D eigenvalue weighted by Crippen LogP contribution is 2.20. The summed E-state index contributed by atoms with van der Waals surface area (Å²) in [6.07, 6.45) is -4.91. The zero-order chi connectivity index (χ0) is 24.0. The van der Waals surface area contributed by atoms with E-state index in [-0.39, 0.29) is 6.10 Å². The van der Waals surface area contributed by atoms with Gasteiger partial charge in [0, 0.05) is 36.9 Å². The molecule has 7 nitrogen and oxygen atoms in total. The molecule has 2 aromatic carbocycles. The molecule has 1 atom stereocenters. The second-order valence-corrected chi connectivity index (χ2v) is 7.96. The van der Waals surface area contributed by atoms with Crippen LogP contribution >= 0.6 is 11.6 Å². The highest BCUT2D eigenvalue weighted by atomic mass is 35.5. The van der Waals surface area contributed by atoms with Gasteiger partial charge in [-0.15, -0.1) is 0 Å². The minimum Gasteiger partial charge on any atom is -0.475 e. The van der Waals surface area contributed by atoms with Gasteiger partial charge in [-0.3, -0.25) is 0 Å². The second-order valence-electron chi connectivity index (χ2n) is 7.52. The standard InChI is InChI=1S/C20H23ClN4O.C2HF3O2/c1-14-23-19-7-2-15(10-20(19)24-14)11-22-12-18-13-25(8-9-26-18)17-5-3-16(21)4-6-17;3-2(4,5)1(6)7/h2-7,10,18,22H,8-9,11-13H2,1H3,(H,23,24);(H,6,7). The number of alkyl halides is 3. The lowest BCUT2D eigenvalue weighted by Gasteiger charge is -2.34. The molecule has 0 saturated carbocycles. The number of imidazole rings is 1. The largest absolute Gasteiger partial charge is 0.490 e. The van der Waals surface area contributed by atoms with Gasteiger partial charge in [-0.05, 0) is 48.9 Å². The zero-order valence-electron chi connectivity index (χ0n) is 17.8. The fourth-order valence-corrected chi connectivity index (χ4v) is 3.53. The Labute approximate surface area is 193 Å². The molecular formula is C22H24ClF3N4O3. The highest BCUT2D eigenvalue weighted by Gasteiger charge is 2.38. The van der Waals surface area contributed by atoms with Crippen LogP contribution in [0, 0.1) is 6.92 Å². The normalized spacial score (nSPS) is 16.4. The number of nitrogens with one attached hydrogen (secondary N) is 2. The summed E-state index contributed by atoms with van der Waals surface area (Å²) in [5.41, 5.74) is 4.54. The Balaban J connectivity index is 0.000000383. The lowest BCUT2D eigenvalue weighted by molar-refractivity contribution is -0.192. The molecule has 3 N–H and O–H groups in total. The van der Waals surface area contributed by atoms with Crippen molar-refractivity contribution in [2.75, 3.05) is 31.1 Å². The van der Waals surface area contributed by atoms with Gasteiger partial charge in [0.15, 0.2) is 0 Å². The van der Waals surface area contributed by atoms with Crippen molar-refractivity contribution in [2.45, 2.75) is 25.7 Å². The van der Waals surface area contributed by atoms with E-state index in [0.29, 0.717) is 0 Å². The number of ether oxygens (including phenoxy) is 1. The van der Waals surface area contributed by atoms with E-state index < -0.39 is 12.1 Å². The number of carbonyl (C=O) groups is 1. The van der Waals surface area contributed by atoms with Crippen LogP contribution in [0.25, 0.3) is 11.0 Å². The number of carboxylic acid groups (broad SMARTS) is 1. The summed E-state index contributed by atoms with van der Waals surface area (Å²) in [5.74, 6) is -1.81. The first-order valence-corrected chi connectivity index (χ1v) is 10.6. The Kier molecular flexibility index (Phi) is 8.17.